The lowest BCUT2D eigenvalue weighted by atomic mass is 10.1. The van der Waals surface area contributed by atoms with Crippen LogP contribution < -0.4 is 4.90 Å². The van der Waals surface area contributed by atoms with Crippen molar-refractivity contribution in [2.75, 3.05) is 44.3 Å². The summed E-state index contributed by atoms with van der Waals surface area (Å²) in [5.74, 6) is -0.262. The fourth-order valence-corrected chi connectivity index (χ4v) is 5.72. The van der Waals surface area contributed by atoms with Crippen LogP contribution in [0.1, 0.15) is 25.3 Å². The number of carbonyl (C=O) groups excluding carboxylic acids is 2. The molecule has 152 valence electrons. The molecular formula is C19H25N3O5S. The minimum Gasteiger partial charge on any atom is -0.379 e. The Kier molecular flexibility index (Phi) is 5.15. The van der Waals surface area contributed by atoms with Gasteiger partial charge in [-0.05, 0) is 36.6 Å². The van der Waals surface area contributed by atoms with Crippen molar-refractivity contribution in [3.63, 3.8) is 0 Å². The molecule has 3 aliphatic heterocycles. The summed E-state index contributed by atoms with van der Waals surface area (Å²) >= 11 is 0. The van der Waals surface area contributed by atoms with E-state index in [0.29, 0.717) is 51.5 Å². The monoisotopic (exact) mass is 407 g/mol. The maximum Gasteiger partial charge on any atom is 0.246 e. The van der Waals surface area contributed by atoms with Gasteiger partial charge in [-0.3, -0.25) is 14.5 Å². The van der Waals surface area contributed by atoms with E-state index in [4.69, 9.17) is 4.74 Å². The number of anilines is 1. The van der Waals surface area contributed by atoms with Crippen LogP contribution in [-0.4, -0.2) is 74.9 Å². The van der Waals surface area contributed by atoms with Crippen LogP contribution in [0.2, 0.25) is 0 Å². The average molecular weight is 407 g/mol. The third-order valence-corrected chi connectivity index (χ3v) is 7.58. The fourth-order valence-electron chi connectivity index (χ4n) is 4.26. The quantitative estimate of drug-likeness (QED) is 0.733. The van der Waals surface area contributed by atoms with Crippen molar-refractivity contribution in [3.8, 4) is 0 Å². The standard InChI is InChI=1S/C19H25N3O5S/c1-14(23)22-17-5-4-16(28(25,26)21-8-10-27-11-9-21)12-15(17)13-18(22)19(24)20-6-2-3-7-20/h4-5,12,18H,2-3,6-11,13H2,1H3. The number of amides is 2. The van der Waals surface area contributed by atoms with E-state index in [0.717, 1.165) is 18.4 Å². The summed E-state index contributed by atoms with van der Waals surface area (Å²) in [4.78, 5) is 28.8. The first kappa shape index (κ1) is 19.4. The van der Waals surface area contributed by atoms with Gasteiger partial charge in [-0.2, -0.15) is 4.31 Å². The Bertz CT molecular complexity index is 889. The van der Waals surface area contributed by atoms with Gasteiger partial charge < -0.3 is 9.64 Å². The van der Waals surface area contributed by atoms with Crippen LogP contribution in [0, 0.1) is 0 Å². The minimum absolute atomic E-state index is 0.0542. The van der Waals surface area contributed by atoms with Gasteiger partial charge in [-0.25, -0.2) is 8.42 Å². The second kappa shape index (κ2) is 7.46. The Hall–Kier alpha value is -1.97. The van der Waals surface area contributed by atoms with E-state index >= 15 is 0 Å². The number of sulfonamides is 1. The lowest BCUT2D eigenvalue weighted by molar-refractivity contribution is -0.133. The van der Waals surface area contributed by atoms with E-state index in [1.165, 1.54) is 22.2 Å². The van der Waals surface area contributed by atoms with Crippen LogP contribution in [0.25, 0.3) is 0 Å². The van der Waals surface area contributed by atoms with Gasteiger partial charge >= 0.3 is 0 Å². The largest absolute Gasteiger partial charge is 0.379 e. The molecule has 8 nitrogen and oxygen atoms in total. The minimum atomic E-state index is -3.62. The van der Waals surface area contributed by atoms with Gasteiger partial charge in [0.1, 0.15) is 6.04 Å². The summed E-state index contributed by atoms with van der Waals surface area (Å²) in [6.45, 7) is 4.30. The SMILES string of the molecule is CC(=O)N1c2ccc(S(=O)(=O)N3CCOCC3)cc2CC1C(=O)N1CCCC1. The molecule has 1 atom stereocenters. The van der Waals surface area contributed by atoms with Crippen molar-refractivity contribution in [1.82, 2.24) is 9.21 Å². The van der Waals surface area contributed by atoms with Gasteiger partial charge in [0, 0.05) is 45.2 Å². The molecule has 1 unspecified atom stereocenters. The second-order valence-electron chi connectivity index (χ2n) is 7.45. The number of carbonyl (C=O) groups is 2. The van der Waals surface area contributed by atoms with E-state index in [-0.39, 0.29) is 16.7 Å². The zero-order valence-corrected chi connectivity index (χ0v) is 16.8. The molecule has 0 radical (unpaired) electrons. The number of morpholine rings is 1. The zero-order chi connectivity index (χ0) is 19.9. The third kappa shape index (κ3) is 3.31. The molecule has 1 aromatic carbocycles. The number of hydrogen-bond donors (Lipinski definition) is 0. The van der Waals surface area contributed by atoms with Gasteiger partial charge in [-0.1, -0.05) is 0 Å². The van der Waals surface area contributed by atoms with Gasteiger partial charge in [0.2, 0.25) is 21.8 Å². The molecular weight excluding hydrogens is 382 g/mol. The lowest BCUT2D eigenvalue weighted by Gasteiger charge is -2.27. The normalized spacial score (nSPS) is 23.1. The van der Waals surface area contributed by atoms with Crippen LogP contribution in [0.15, 0.2) is 23.1 Å². The Morgan fingerprint density at radius 2 is 1.75 bits per heavy atom. The van der Waals surface area contributed by atoms with Crippen molar-refractivity contribution < 1.29 is 22.7 Å². The van der Waals surface area contributed by atoms with Crippen molar-refractivity contribution in [1.29, 1.82) is 0 Å². The molecule has 3 heterocycles. The third-order valence-electron chi connectivity index (χ3n) is 5.69. The highest BCUT2D eigenvalue weighted by Crippen LogP contribution is 2.36. The first-order valence-corrected chi connectivity index (χ1v) is 11.1. The molecule has 2 fully saturated rings. The molecule has 9 heteroatoms. The Balaban J connectivity index is 1.64. The summed E-state index contributed by atoms with van der Waals surface area (Å²) in [5, 5.41) is 0. The average Bonchev–Trinajstić information content (AvgIpc) is 3.35. The Labute approximate surface area is 165 Å². The van der Waals surface area contributed by atoms with E-state index in [1.54, 1.807) is 17.0 Å². The van der Waals surface area contributed by atoms with Gasteiger partial charge in [0.25, 0.3) is 0 Å². The van der Waals surface area contributed by atoms with Crippen LogP contribution in [-0.2, 0) is 30.8 Å². The Morgan fingerprint density at radius 1 is 1.07 bits per heavy atom. The van der Waals surface area contributed by atoms with Crippen molar-refractivity contribution in [2.45, 2.75) is 37.1 Å². The van der Waals surface area contributed by atoms with Crippen molar-refractivity contribution in [3.05, 3.63) is 23.8 Å². The van der Waals surface area contributed by atoms with Crippen LogP contribution in [0.5, 0.6) is 0 Å². The number of benzene rings is 1. The molecule has 2 amide bonds. The molecule has 4 rings (SSSR count). The maximum absolute atomic E-state index is 13.0. The summed E-state index contributed by atoms with van der Waals surface area (Å²) in [5.41, 5.74) is 1.35. The van der Waals surface area contributed by atoms with Crippen molar-refractivity contribution in [2.24, 2.45) is 0 Å². The molecule has 0 aromatic heterocycles. The first-order chi connectivity index (χ1) is 13.4. The lowest BCUT2D eigenvalue weighted by Crippen LogP contribution is -2.48. The van der Waals surface area contributed by atoms with E-state index in [1.807, 2.05) is 0 Å². The van der Waals surface area contributed by atoms with Gasteiger partial charge in [0.05, 0.1) is 18.1 Å². The van der Waals surface area contributed by atoms with E-state index in [2.05, 4.69) is 0 Å². The Morgan fingerprint density at radius 3 is 2.39 bits per heavy atom. The van der Waals surface area contributed by atoms with Crippen LogP contribution in [0.4, 0.5) is 5.69 Å². The predicted octanol–water partition coefficient (Wildman–Crippen LogP) is 0.608. The maximum atomic E-state index is 13.0. The predicted molar refractivity (Wildman–Crippen MR) is 102 cm³/mol. The van der Waals surface area contributed by atoms with E-state index in [9.17, 15) is 18.0 Å². The fraction of sp³-hybridized carbons (Fsp3) is 0.579. The molecule has 28 heavy (non-hydrogen) atoms. The number of fused-ring (bicyclic) bond motifs is 1. The topological polar surface area (TPSA) is 87.2 Å². The zero-order valence-electron chi connectivity index (χ0n) is 16.0. The second-order valence-corrected chi connectivity index (χ2v) is 9.39. The highest BCUT2D eigenvalue weighted by molar-refractivity contribution is 7.89. The summed E-state index contributed by atoms with van der Waals surface area (Å²) in [6.07, 6.45) is 2.30. The molecule has 0 N–H and O–H groups in total. The van der Waals surface area contributed by atoms with Crippen LogP contribution in [0.3, 0.4) is 0 Å². The summed E-state index contributed by atoms with van der Waals surface area (Å²) < 4.78 is 32.5. The molecule has 0 saturated carbocycles. The van der Waals surface area contributed by atoms with Gasteiger partial charge in [0.15, 0.2) is 0 Å². The first-order valence-electron chi connectivity index (χ1n) is 9.69. The van der Waals surface area contributed by atoms with E-state index < -0.39 is 16.1 Å². The summed E-state index contributed by atoms with van der Waals surface area (Å²) in [7, 11) is -3.62. The molecule has 0 spiro atoms. The highest BCUT2D eigenvalue weighted by Gasteiger charge is 2.40. The number of hydrogen-bond acceptors (Lipinski definition) is 5. The summed E-state index contributed by atoms with van der Waals surface area (Å²) in [6, 6.07) is 4.21. The van der Waals surface area contributed by atoms with Crippen LogP contribution >= 0.6 is 0 Å². The number of likely N-dealkylation sites (tertiary alicyclic amines) is 1. The molecule has 2 saturated heterocycles. The number of rotatable bonds is 3. The number of nitrogens with zero attached hydrogens (tertiary/aromatic N) is 3. The smallest absolute Gasteiger partial charge is 0.246 e. The van der Waals surface area contributed by atoms with Gasteiger partial charge in [-0.15, -0.1) is 0 Å². The highest BCUT2D eigenvalue weighted by atomic mass is 32.2. The molecule has 1 aromatic rings. The molecule has 0 aliphatic carbocycles. The number of ether oxygens (including phenoxy) is 1. The molecule has 3 aliphatic rings. The van der Waals surface area contributed by atoms with Crippen molar-refractivity contribution >= 4 is 27.5 Å². The molecule has 0 bridgehead atoms.